The summed E-state index contributed by atoms with van der Waals surface area (Å²) < 4.78 is 5.64. The molecule has 112 valence electrons. The largest absolute Gasteiger partial charge is 0.486 e. The van der Waals surface area contributed by atoms with Gasteiger partial charge in [-0.15, -0.1) is 0 Å². The minimum atomic E-state index is -0.943. The van der Waals surface area contributed by atoms with Gasteiger partial charge in [0.25, 0.3) is 0 Å². The Balaban J connectivity index is 1.81. The first-order chi connectivity index (χ1) is 10.5. The van der Waals surface area contributed by atoms with Crippen LogP contribution in [0, 0.1) is 13.8 Å². The van der Waals surface area contributed by atoms with Crippen molar-refractivity contribution in [2.75, 3.05) is 12.0 Å². The maximum Gasteiger partial charge on any atom is 0.335 e. The average molecular weight is 296 g/mol. The molecule has 2 aromatic carbocycles. The molecule has 5 heteroatoms. The zero-order valence-electron chi connectivity index (χ0n) is 12.4. The van der Waals surface area contributed by atoms with Crippen LogP contribution in [0.15, 0.2) is 41.5 Å². The minimum Gasteiger partial charge on any atom is -0.486 e. The summed E-state index contributed by atoms with van der Waals surface area (Å²) in [7, 11) is 0. The normalized spacial score (nSPS) is 14.5. The fourth-order valence-electron chi connectivity index (χ4n) is 2.27. The Hall–Kier alpha value is -2.82. The van der Waals surface area contributed by atoms with Crippen LogP contribution in [0.2, 0.25) is 0 Å². The highest BCUT2D eigenvalue weighted by molar-refractivity contribution is 6.06. The van der Waals surface area contributed by atoms with Gasteiger partial charge in [-0.05, 0) is 61.4 Å². The molecule has 0 bridgehead atoms. The Morgan fingerprint density at radius 3 is 2.55 bits per heavy atom. The molecule has 0 saturated heterocycles. The van der Waals surface area contributed by atoms with Crippen molar-refractivity contribution in [1.29, 1.82) is 0 Å². The third-order valence-electron chi connectivity index (χ3n) is 3.72. The number of aromatic carboxylic acids is 1. The van der Waals surface area contributed by atoms with Gasteiger partial charge in [0, 0.05) is 5.56 Å². The highest BCUT2D eigenvalue weighted by Crippen LogP contribution is 2.28. The molecule has 0 unspecified atom stereocenters. The third kappa shape index (κ3) is 2.65. The second-order valence-corrected chi connectivity index (χ2v) is 5.27. The van der Waals surface area contributed by atoms with Crippen molar-refractivity contribution in [2.45, 2.75) is 13.8 Å². The molecule has 3 rings (SSSR count). The molecule has 1 heterocycles. The summed E-state index contributed by atoms with van der Waals surface area (Å²) in [6.45, 7) is 4.54. The number of fused-ring (bicyclic) bond motifs is 1. The molecule has 0 aromatic heterocycles. The van der Waals surface area contributed by atoms with Gasteiger partial charge in [-0.25, -0.2) is 4.79 Å². The van der Waals surface area contributed by atoms with Gasteiger partial charge in [0.2, 0.25) is 0 Å². The van der Waals surface area contributed by atoms with Crippen molar-refractivity contribution < 1.29 is 14.6 Å². The second kappa shape index (κ2) is 5.52. The molecule has 2 N–H and O–H groups in total. The predicted molar refractivity (Wildman–Crippen MR) is 85.0 cm³/mol. The molecule has 0 radical (unpaired) electrons. The van der Waals surface area contributed by atoms with Crippen molar-refractivity contribution in [3.8, 4) is 5.75 Å². The van der Waals surface area contributed by atoms with Crippen LogP contribution in [-0.2, 0) is 0 Å². The second-order valence-electron chi connectivity index (χ2n) is 5.27. The molecule has 0 saturated carbocycles. The van der Waals surface area contributed by atoms with E-state index in [2.05, 4.69) is 30.4 Å². The molecule has 22 heavy (non-hydrogen) atoms. The number of hydrogen-bond acceptors (Lipinski definition) is 4. The number of ether oxygens (including phenoxy) is 1. The first-order valence-corrected chi connectivity index (χ1v) is 6.95. The number of nitrogens with one attached hydrogen (secondary N) is 1. The molecular weight excluding hydrogens is 280 g/mol. The lowest BCUT2D eigenvalue weighted by Gasteiger charge is -2.04. The maximum atomic E-state index is 10.8. The number of carbonyl (C=O) groups is 1. The van der Waals surface area contributed by atoms with Gasteiger partial charge in [-0.1, -0.05) is 0 Å². The van der Waals surface area contributed by atoms with Crippen LogP contribution in [0.25, 0.3) is 0 Å². The zero-order chi connectivity index (χ0) is 15.7. The van der Waals surface area contributed by atoms with Crippen LogP contribution in [-0.4, -0.2) is 23.4 Å². The lowest BCUT2D eigenvalue weighted by Crippen LogP contribution is -2.06. The maximum absolute atomic E-state index is 10.8. The van der Waals surface area contributed by atoms with Gasteiger partial charge in [0.15, 0.2) is 0 Å². The Labute approximate surface area is 128 Å². The van der Waals surface area contributed by atoms with Crippen molar-refractivity contribution >= 4 is 17.4 Å². The number of carboxylic acid groups (broad SMARTS) is 1. The molecule has 0 fully saturated rings. The molecule has 1 aliphatic rings. The fourth-order valence-corrected chi connectivity index (χ4v) is 2.27. The van der Waals surface area contributed by atoms with Gasteiger partial charge in [0.05, 0.1) is 11.3 Å². The molecule has 0 spiro atoms. The van der Waals surface area contributed by atoms with E-state index >= 15 is 0 Å². The van der Waals surface area contributed by atoms with Crippen LogP contribution in [0.4, 0.5) is 5.69 Å². The van der Waals surface area contributed by atoms with E-state index in [0.29, 0.717) is 6.61 Å². The number of carboxylic acids is 1. The summed E-state index contributed by atoms with van der Waals surface area (Å²) >= 11 is 0. The van der Waals surface area contributed by atoms with Gasteiger partial charge in [0.1, 0.15) is 18.1 Å². The Morgan fingerprint density at radius 2 is 1.86 bits per heavy atom. The Bertz CT molecular complexity index is 764. The van der Waals surface area contributed by atoms with E-state index in [1.165, 1.54) is 23.3 Å². The average Bonchev–Trinajstić information content (AvgIpc) is 2.88. The molecule has 0 amide bonds. The number of anilines is 1. The summed E-state index contributed by atoms with van der Waals surface area (Å²) in [5, 5.41) is 13.2. The lowest BCUT2D eigenvalue weighted by atomic mass is 10.0. The minimum absolute atomic E-state index is 0.249. The fraction of sp³-hybridized carbons (Fsp3) is 0.176. The van der Waals surface area contributed by atoms with E-state index in [9.17, 15) is 4.79 Å². The highest BCUT2D eigenvalue weighted by Gasteiger charge is 2.20. The van der Waals surface area contributed by atoms with Crippen molar-refractivity contribution in [3.05, 3.63) is 58.7 Å². The van der Waals surface area contributed by atoms with Crippen molar-refractivity contribution in [1.82, 2.24) is 0 Å². The first kappa shape index (κ1) is 14.1. The van der Waals surface area contributed by atoms with Crippen LogP contribution in [0.3, 0.4) is 0 Å². The summed E-state index contributed by atoms with van der Waals surface area (Å²) in [5.74, 6) is -0.0910. The molecular formula is C17H16N2O3. The number of benzene rings is 2. The summed E-state index contributed by atoms with van der Waals surface area (Å²) in [6, 6.07) is 10.5. The van der Waals surface area contributed by atoms with E-state index in [-0.39, 0.29) is 5.56 Å². The molecule has 2 aromatic rings. The predicted octanol–water partition coefficient (Wildman–Crippen LogP) is 3.21. The van der Waals surface area contributed by atoms with Gasteiger partial charge in [-0.2, -0.15) is 5.10 Å². The van der Waals surface area contributed by atoms with Crippen molar-refractivity contribution in [3.63, 3.8) is 0 Å². The third-order valence-corrected chi connectivity index (χ3v) is 3.72. The number of aryl methyl sites for hydroxylation is 2. The lowest BCUT2D eigenvalue weighted by molar-refractivity contribution is 0.0697. The van der Waals surface area contributed by atoms with E-state index in [1.54, 1.807) is 12.1 Å². The topological polar surface area (TPSA) is 70.9 Å². The quantitative estimate of drug-likeness (QED) is 0.853. The van der Waals surface area contributed by atoms with Crippen LogP contribution in [0.5, 0.6) is 5.75 Å². The van der Waals surface area contributed by atoms with Crippen LogP contribution >= 0.6 is 0 Å². The van der Waals surface area contributed by atoms with Crippen LogP contribution < -0.4 is 10.2 Å². The number of hydrogen-bond donors (Lipinski definition) is 2. The number of nitrogens with zero attached hydrogens (tertiary/aromatic N) is 1. The van der Waals surface area contributed by atoms with Gasteiger partial charge in [-0.3, -0.25) is 5.43 Å². The molecule has 0 aliphatic carbocycles. The number of hydrazone groups is 1. The summed E-state index contributed by atoms with van der Waals surface area (Å²) in [5.41, 5.74) is 8.14. The van der Waals surface area contributed by atoms with E-state index < -0.39 is 5.97 Å². The first-order valence-electron chi connectivity index (χ1n) is 6.95. The van der Waals surface area contributed by atoms with Crippen LogP contribution in [0.1, 0.15) is 27.0 Å². The van der Waals surface area contributed by atoms with E-state index in [1.807, 2.05) is 6.07 Å². The SMILES string of the molecule is Cc1cc2c(cc1C)/C(=N/Nc1ccc(C(=O)O)cc1)CO2. The van der Waals surface area contributed by atoms with E-state index in [4.69, 9.17) is 9.84 Å². The number of rotatable bonds is 3. The Kier molecular flexibility index (Phi) is 3.55. The van der Waals surface area contributed by atoms with Gasteiger partial charge >= 0.3 is 5.97 Å². The standard InChI is InChI=1S/C17H16N2O3/c1-10-7-14-15(9-22-16(14)8-11(10)2)19-18-13-5-3-12(4-6-13)17(20)21/h3-8,18H,9H2,1-2H3,(H,20,21)/b19-15+. The Morgan fingerprint density at radius 1 is 1.18 bits per heavy atom. The highest BCUT2D eigenvalue weighted by atomic mass is 16.5. The molecule has 0 atom stereocenters. The zero-order valence-corrected chi connectivity index (χ0v) is 12.4. The summed E-state index contributed by atoms with van der Waals surface area (Å²) in [6.07, 6.45) is 0. The molecule has 5 nitrogen and oxygen atoms in total. The monoisotopic (exact) mass is 296 g/mol. The smallest absolute Gasteiger partial charge is 0.335 e. The summed E-state index contributed by atoms with van der Waals surface area (Å²) in [4.78, 5) is 10.8. The van der Waals surface area contributed by atoms with E-state index in [0.717, 1.165) is 22.7 Å². The van der Waals surface area contributed by atoms with Gasteiger partial charge < -0.3 is 9.84 Å². The molecule has 1 aliphatic heterocycles. The van der Waals surface area contributed by atoms with Crippen molar-refractivity contribution in [2.24, 2.45) is 5.10 Å².